The topological polar surface area (TPSA) is 107 Å². The van der Waals surface area contributed by atoms with E-state index in [9.17, 15) is 10.1 Å². The molecule has 0 saturated heterocycles. The van der Waals surface area contributed by atoms with Crippen LogP contribution in [0.3, 0.4) is 0 Å². The Hall–Kier alpha value is -2.22. The maximum atomic E-state index is 10.7. The van der Waals surface area contributed by atoms with E-state index in [-0.39, 0.29) is 11.5 Å². The number of nitrogens with two attached hydrogens (primary N) is 1. The van der Waals surface area contributed by atoms with Gasteiger partial charge in [0, 0.05) is 11.1 Å². The van der Waals surface area contributed by atoms with Gasteiger partial charge < -0.3 is 11.1 Å². The van der Waals surface area contributed by atoms with Crippen molar-refractivity contribution in [2.75, 3.05) is 11.1 Å². The number of nitrogens with zero attached hydrogens (tertiary/aromatic N) is 3. The normalized spacial score (nSPS) is 10.3. The van der Waals surface area contributed by atoms with E-state index in [1.807, 2.05) is 6.92 Å². The number of thiazole rings is 1. The lowest BCUT2D eigenvalue weighted by molar-refractivity contribution is -0.384. The summed E-state index contributed by atoms with van der Waals surface area (Å²) in [6.07, 6.45) is 1.76. The maximum absolute atomic E-state index is 10.7. The largest absolute Gasteiger partial charge is 0.383 e. The highest BCUT2D eigenvalue weighted by Gasteiger charge is 2.09. The molecule has 0 radical (unpaired) electrons. The second-order valence-electron chi connectivity index (χ2n) is 3.59. The van der Waals surface area contributed by atoms with Crippen molar-refractivity contribution in [3.8, 4) is 0 Å². The van der Waals surface area contributed by atoms with Crippen LogP contribution >= 0.6 is 11.3 Å². The van der Waals surface area contributed by atoms with Crippen molar-refractivity contribution in [3.63, 3.8) is 0 Å². The van der Waals surface area contributed by atoms with Gasteiger partial charge in [-0.3, -0.25) is 10.1 Å². The molecule has 0 saturated carbocycles. The fourth-order valence-electron chi connectivity index (χ4n) is 1.40. The molecule has 18 heavy (non-hydrogen) atoms. The Morgan fingerprint density at radius 3 is 2.94 bits per heavy atom. The number of rotatable bonds is 4. The van der Waals surface area contributed by atoms with Crippen LogP contribution in [-0.2, 0) is 6.54 Å². The molecule has 3 N–H and O–H groups in total. The van der Waals surface area contributed by atoms with Crippen LogP contribution in [0, 0.1) is 17.0 Å². The lowest BCUT2D eigenvalue weighted by Crippen LogP contribution is -2.03. The molecule has 0 atom stereocenters. The highest BCUT2D eigenvalue weighted by Crippen LogP contribution is 2.20. The molecule has 0 aliphatic rings. The van der Waals surface area contributed by atoms with Crippen LogP contribution in [0.2, 0.25) is 0 Å². The molecule has 7 nitrogen and oxygen atoms in total. The van der Waals surface area contributed by atoms with Gasteiger partial charge in [0.05, 0.1) is 28.6 Å². The minimum atomic E-state index is -0.500. The second-order valence-corrected chi connectivity index (χ2v) is 4.91. The Morgan fingerprint density at radius 2 is 2.33 bits per heavy atom. The van der Waals surface area contributed by atoms with Gasteiger partial charge in [0.2, 0.25) is 0 Å². The van der Waals surface area contributed by atoms with Crippen molar-refractivity contribution >= 4 is 28.7 Å². The van der Waals surface area contributed by atoms with Crippen molar-refractivity contribution in [2.45, 2.75) is 13.5 Å². The number of aryl methyl sites for hydroxylation is 1. The van der Waals surface area contributed by atoms with E-state index in [0.717, 1.165) is 9.88 Å². The number of hydrogen-bond donors (Lipinski definition) is 2. The number of nitrogens with one attached hydrogen (secondary N) is 1. The molecule has 0 aliphatic carbocycles. The Labute approximate surface area is 107 Å². The van der Waals surface area contributed by atoms with Gasteiger partial charge in [-0.25, -0.2) is 9.97 Å². The number of nitro groups is 1. The molecule has 0 aliphatic heterocycles. The van der Waals surface area contributed by atoms with Gasteiger partial charge in [0.1, 0.15) is 11.6 Å². The first-order valence-corrected chi connectivity index (χ1v) is 5.93. The lowest BCUT2D eigenvalue weighted by atomic mass is 10.3. The Bertz CT molecular complexity index is 583. The quantitative estimate of drug-likeness (QED) is 0.646. The smallest absolute Gasteiger partial charge is 0.276 e. The van der Waals surface area contributed by atoms with Crippen LogP contribution in [0.25, 0.3) is 0 Å². The minimum absolute atomic E-state index is 0.0783. The average molecular weight is 265 g/mol. The first-order chi connectivity index (χ1) is 8.54. The van der Waals surface area contributed by atoms with Crippen LogP contribution in [-0.4, -0.2) is 14.9 Å². The second kappa shape index (κ2) is 4.96. The minimum Gasteiger partial charge on any atom is -0.383 e. The summed E-state index contributed by atoms with van der Waals surface area (Å²) in [6, 6.07) is 2.58. The van der Waals surface area contributed by atoms with Gasteiger partial charge in [0.25, 0.3) is 5.69 Å². The third-order valence-electron chi connectivity index (χ3n) is 2.15. The molecule has 0 aromatic carbocycles. The molecule has 0 unspecified atom stereocenters. The number of anilines is 2. The monoisotopic (exact) mass is 265 g/mol. The average Bonchev–Trinajstić information content (AvgIpc) is 2.72. The molecule has 0 spiro atoms. The van der Waals surface area contributed by atoms with E-state index in [0.29, 0.717) is 12.4 Å². The first kappa shape index (κ1) is 12.2. The predicted molar refractivity (Wildman–Crippen MR) is 69.5 cm³/mol. The van der Waals surface area contributed by atoms with E-state index in [2.05, 4.69) is 15.3 Å². The molecule has 2 aromatic heterocycles. The van der Waals surface area contributed by atoms with Gasteiger partial charge in [-0.15, -0.1) is 11.3 Å². The molecule has 2 rings (SSSR count). The molecular formula is C10H11N5O2S. The molecule has 0 fully saturated rings. The number of hydrogen-bond acceptors (Lipinski definition) is 7. The van der Waals surface area contributed by atoms with Crippen LogP contribution < -0.4 is 11.1 Å². The summed E-state index contributed by atoms with van der Waals surface area (Å²) < 4.78 is 0. The highest BCUT2D eigenvalue weighted by molar-refractivity contribution is 7.11. The first-order valence-electron chi connectivity index (χ1n) is 5.12. The van der Waals surface area contributed by atoms with E-state index in [1.54, 1.807) is 17.5 Å². The van der Waals surface area contributed by atoms with Crippen molar-refractivity contribution in [1.29, 1.82) is 0 Å². The highest BCUT2D eigenvalue weighted by atomic mass is 32.1. The van der Waals surface area contributed by atoms with E-state index >= 15 is 0 Å². The summed E-state index contributed by atoms with van der Waals surface area (Å²) in [4.78, 5) is 19.3. The van der Waals surface area contributed by atoms with Crippen LogP contribution in [0.5, 0.6) is 0 Å². The third kappa shape index (κ3) is 2.92. The summed E-state index contributed by atoms with van der Waals surface area (Å²) in [6.45, 7) is 2.43. The fourth-order valence-corrected chi connectivity index (χ4v) is 2.13. The summed E-state index contributed by atoms with van der Waals surface area (Å²) in [5.41, 5.74) is 5.43. The Balaban J connectivity index is 2.11. The zero-order chi connectivity index (χ0) is 13.1. The zero-order valence-corrected chi connectivity index (χ0v) is 10.4. The summed E-state index contributed by atoms with van der Waals surface area (Å²) in [7, 11) is 0. The van der Waals surface area contributed by atoms with Crippen molar-refractivity contribution < 1.29 is 4.92 Å². The number of nitrogen functional groups attached to an aromatic ring is 1. The predicted octanol–water partition coefficient (Wildman–Crippen LogP) is 1.95. The number of pyridine rings is 1. The van der Waals surface area contributed by atoms with E-state index in [1.165, 1.54) is 12.1 Å². The molecular weight excluding hydrogens is 254 g/mol. The van der Waals surface area contributed by atoms with E-state index < -0.39 is 4.92 Å². The molecule has 2 heterocycles. The fraction of sp³-hybridized carbons (Fsp3) is 0.200. The van der Waals surface area contributed by atoms with Crippen LogP contribution in [0.15, 0.2) is 18.3 Å². The van der Waals surface area contributed by atoms with Crippen LogP contribution in [0.4, 0.5) is 17.3 Å². The summed E-state index contributed by atoms with van der Waals surface area (Å²) in [5, 5.41) is 14.6. The Morgan fingerprint density at radius 1 is 1.56 bits per heavy atom. The molecule has 8 heteroatoms. The van der Waals surface area contributed by atoms with Crippen LogP contribution in [0.1, 0.15) is 9.88 Å². The maximum Gasteiger partial charge on any atom is 0.276 e. The van der Waals surface area contributed by atoms with E-state index in [4.69, 9.17) is 5.73 Å². The van der Waals surface area contributed by atoms with Crippen molar-refractivity contribution in [2.24, 2.45) is 0 Å². The number of aromatic nitrogens is 2. The van der Waals surface area contributed by atoms with Gasteiger partial charge in [-0.2, -0.15) is 0 Å². The van der Waals surface area contributed by atoms with Gasteiger partial charge >= 0.3 is 0 Å². The summed E-state index contributed by atoms with van der Waals surface area (Å²) >= 11 is 1.56. The van der Waals surface area contributed by atoms with Gasteiger partial charge in [0.15, 0.2) is 0 Å². The molecule has 0 amide bonds. The standard InChI is InChI=1S/C10H11N5O2S/c1-6-12-4-8(18-6)5-13-10-3-7(15(16)17)2-9(11)14-10/h2-4H,5H2,1H3,(H3,11,13,14). The molecule has 2 aromatic rings. The van der Waals surface area contributed by atoms with Crippen molar-refractivity contribution in [3.05, 3.63) is 38.3 Å². The Kier molecular flexibility index (Phi) is 3.38. The third-order valence-corrected chi connectivity index (χ3v) is 3.07. The molecule has 94 valence electrons. The van der Waals surface area contributed by atoms with Gasteiger partial charge in [-0.1, -0.05) is 0 Å². The molecule has 0 bridgehead atoms. The lowest BCUT2D eigenvalue weighted by Gasteiger charge is -2.04. The summed E-state index contributed by atoms with van der Waals surface area (Å²) in [5.74, 6) is 0.500. The van der Waals surface area contributed by atoms with Gasteiger partial charge in [-0.05, 0) is 6.92 Å². The van der Waals surface area contributed by atoms with Crippen molar-refractivity contribution in [1.82, 2.24) is 9.97 Å². The SMILES string of the molecule is Cc1ncc(CNc2cc([N+](=O)[O-])cc(N)n2)s1. The zero-order valence-electron chi connectivity index (χ0n) is 9.58.